The van der Waals surface area contributed by atoms with E-state index in [1.165, 1.54) is 6.42 Å². The summed E-state index contributed by atoms with van der Waals surface area (Å²) in [5, 5.41) is 8.42. The van der Waals surface area contributed by atoms with Gasteiger partial charge in [-0.15, -0.1) is 0 Å². The lowest BCUT2D eigenvalue weighted by Crippen LogP contribution is -2.39. The van der Waals surface area contributed by atoms with Crippen molar-refractivity contribution >= 4 is 33.6 Å². The van der Waals surface area contributed by atoms with Gasteiger partial charge in [0, 0.05) is 34.0 Å². The molecule has 2 N–H and O–H groups in total. The van der Waals surface area contributed by atoms with E-state index in [1.807, 2.05) is 97.1 Å². The summed E-state index contributed by atoms with van der Waals surface area (Å²) < 4.78 is 21.9. The molecule has 8 rings (SSSR count). The van der Waals surface area contributed by atoms with Crippen molar-refractivity contribution in [3.8, 4) is 45.5 Å². The molecule has 0 unspecified atom stereocenters. The molecule has 0 saturated heterocycles. The van der Waals surface area contributed by atoms with E-state index < -0.39 is 0 Å². The van der Waals surface area contributed by atoms with Gasteiger partial charge in [0.25, 0.3) is 11.8 Å². The number of pyridine rings is 2. The van der Waals surface area contributed by atoms with Crippen LogP contribution >= 0.6 is 0 Å². The Morgan fingerprint density at radius 2 is 0.898 bits per heavy atom. The van der Waals surface area contributed by atoms with Gasteiger partial charge in [0.15, 0.2) is 23.0 Å². The molecule has 4 aromatic carbocycles. The van der Waals surface area contributed by atoms with E-state index >= 15 is 0 Å². The molecule has 10 heteroatoms. The topological polar surface area (TPSA) is 121 Å². The molecular formula is C49H52N4O6. The fraction of sp³-hybridized carbons (Fsp3) is 0.347. The highest BCUT2D eigenvalue weighted by Crippen LogP contribution is 2.38. The maximum absolute atomic E-state index is 13.9. The van der Waals surface area contributed by atoms with Crippen LogP contribution in [0, 0.1) is 11.8 Å². The molecule has 2 aliphatic carbocycles. The summed E-state index contributed by atoms with van der Waals surface area (Å²) in [7, 11) is 6.45. The zero-order valence-electron chi connectivity index (χ0n) is 34.3. The van der Waals surface area contributed by atoms with Crippen LogP contribution in [0.2, 0.25) is 0 Å². The first-order valence-electron chi connectivity index (χ1n) is 20.7. The van der Waals surface area contributed by atoms with E-state index in [1.54, 1.807) is 28.4 Å². The largest absolute Gasteiger partial charge is 0.493 e. The number of benzene rings is 4. The Balaban J connectivity index is 0.854. The Bertz CT molecular complexity index is 2300. The van der Waals surface area contributed by atoms with Crippen molar-refractivity contribution in [1.82, 2.24) is 20.6 Å². The zero-order valence-corrected chi connectivity index (χ0v) is 34.3. The summed E-state index contributed by atoms with van der Waals surface area (Å²) in [5.41, 5.74) is 5.91. The molecule has 0 atom stereocenters. The number of fused-ring (bicyclic) bond motifs is 2. The molecule has 0 aliphatic heterocycles. The zero-order chi connectivity index (χ0) is 40.9. The lowest BCUT2D eigenvalue weighted by atomic mass is 9.75. The van der Waals surface area contributed by atoms with E-state index in [4.69, 9.17) is 28.9 Å². The normalized spacial score (nSPS) is 19.2. The molecule has 59 heavy (non-hydrogen) atoms. The van der Waals surface area contributed by atoms with E-state index in [-0.39, 0.29) is 23.9 Å². The molecule has 2 amide bonds. The number of amides is 2. The number of carbonyl (C=O) groups is 2. The van der Waals surface area contributed by atoms with Gasteiger partial charge in [0.1, 0.15) is 0 Å². The van der Waals surface area contributed by atoms with Gasteiger partial charge in [0.2, 0.25) is 0 Å². The first-order chi connectivity index (χ1) is 28.8. The van der Waals surface area contributed by atoms with E-state index in [2.05, 4.69) is 10.6 Å². The number of rotatable bonds is 12. The summed E-state index contributed by atoms with van der Waals surface area (Å²) in [6.07, 6.45) is 9.50. The van der Waals surface area contributed by atoms with E-state index in [0.717, 1.165) is 84.3 Å². The first kappa shape index (κ1) is 39.7. The SMILES string of the molecule is COc1ccc(-c2cc(C(=O)NC3CCC(CC4CCC(NC(=O)c5cc(-c6ccc(OC)c(OC)c6)nc6ccccc56)CC4)CC3)c3ccccc3n2)cc1OC. The number of hydrogen-bond acceptors (Lipinski definition) is 8. The number of methoxy groups -OCH3 is 4. The predicted octanol–water partition coefficient (Wildman–Crippen LogP) is 9.82. The second-order valence-corrected chi connectivity index (χ2v) is 15.9. The molecule has 304 valence electrons. The predicted molar refractivity (Wildman–Crippen MR) is 232 cm³/mol. The fourth-order valence-corrected chi connectivity index (χ4v) is 9.10. The quantitative estimate of drug-likeness (QED) is 0.126. The number of ether oxygens (including phenoxy) is 4. The minimum absolute atomic E-state index is 0.0638. The van der Waals surface area contributed by atoms with E-state index in [9.17, 15) is 9.59 Å². The van der Waals surface area contributed by atoms with Crippen LogP contribution in [0.5, 0.6) is 23.0 Å². The molecular weight excluding hydrogens is 741 g/mol. The lowest BCUT2D eigenvalue weighted by molar-refractivity contribution is 0.0919. The summed E-state index contributed by atoms with van der Waals surface area (Å²) in [6, 6.07) is 31.0. The fourth-order valence-electron chi connectivity index (χ4n) is 9.10. The van der Waals surface area contributed by atoms with Gasteiger partial charge in [-0.2, -0.15) is 0 Å². The second kappa shape index (κ2) is 17.8. The van der Waals surface area contributed by atoms with Crippen molar-refractivity contribution in [2.45, 2.75) is 69.9 Å². The third-order valence-electron chi connectivity index (χ3n) is 12.3. The molecule has 2 aromatic heterocycles. The maximum Gasteiger partial charge on any atom is 0.252 e. The molecule has 2 fully saturated rings. The van der Waals surface area contributed by atoms with Crippen LogP contribution in [-0.4, -0.2) is 62.3 Å². The molecule has 0 spiro atoms. The van der Waals surface area contributed by atoms with Crippen molar-refractivity contribution in [3.63, 3.8) is 0 Å². The Hall–Kier alpha value is -6.16. The second-order valence-electron chi connectivity index (χ2n) is 15.9. The highest BCUT2D eigenvalue weighted by molar-refractivity contribution is 6.08. The van der Waals surface area contributed by atoms with Crippen LogP contribution in [0.3, 0.4) is 0 Å². The Morgan fingerprint density at radius 1 is 0.508 bits per heavy atom. The van der Waals surface area contributed by atoms with Gasteiger partial charge >= 0.3 is 0 Å². The maximum atomic E-state index is 13.9. The molecule has 10 nitrogen and oxygen atoms in total. The Morgan fingerprint density at radius 3 is 1.29 bits per heavy atom. The van der Waals surface area contributed by atoms with Crippen molar-refractivity contribution < 1.29 is 28.5 Å². The summed E-state index contributed by atoms with van der Waals surface area (Å²) in [4.78, 5) is 37.6. The van der Waals surface area contributed by atoms with Crippen LogP contribution in [0.4, 0.5) is 0 Å². The van der Waals surface area contributed by atoms with E-state index in [0.29, 0.717) is 57.3 Å². The Kier molecular flexibility index (Phi) is 11.9. The van der Waals surface area contributed by atoms with Crippen LogP contribution < -0.4 is 29.6 Å². The van der Waals surface area contributed by atoms with Gasteiger partial charge < -0.3 is 29.6 Å². The molecule has 2 saturated carbocycles. The third kappa shape index (κ3) is 8.67. The highest BCUT2D eigenvalue weighted by atomic mass is 16.5. The first-order valence-corrected chi connectivity index (χ1v) is 20.7. The third-order valence-corrected chi connectivity index (χ3v) is 12.3. The molecule has 0 bridgehead atoms. The van der Waals surface area contributed by atoms with Crippen LogP contribution in [0.15, 0.2) is 97.1 Å². The van der Waals surface area contributed by atoms with Gasteiger partial charge in [-0.1, -0.05) is 36.4 Å². The monoisotopic (exact) mass is 792 g/mol. The minimum atomic E-state index is -0.0638. The number of hydrogen-bond donors (Lipinski definition) is 2. The number of carbonyl (C=O) groups excluding carboxylic acids is 2. The van der Waals surface area contributed by atoms with Crippen LogP contribution in [-0.2, 0) is 0 Å². The lowest BCUT2D eigenvalue weighted by Gasteiger charge is -2.34. The van der Waals surface area contributed by atoms with Gasteiger partial charge in [-0.25, -0.2) is 9.97 Å². The van der Waals surface area contributed by atoms with Gasteiger partial charge in [-0.3, -0.25) is 9.59 Å². The van der Waals surface area contributed by atoms with Crippen LogP contribution in [0.1, 0.15) is 78.5 Å². The van der Waals surface area contributed by atoms with Crippen LogP contribution in [0.25, 0.3) is 44.3 Å². The summed E-state index contributed by atoms with van der Waals surface area (Å²) in [5.74, 6) is 3.67. The van der Waals surface area contributed by atoms with Crippen molar-refractivity contribution in [2.75, 3.05) is 28.4 Å². The molecule has 6 aromatic rings. The standard InChI is InChI=1S/C49H52N4O6/c1-56-44-23-17-32(26-46(44)58-3)42-28-38(36-9-5-7-11-40(36)52-42)48(54)50-34-19-13-30(14-20-34)25-31-15-21-35(22-16-31)51-49(55)39-29-43(53-41-12-8-6-10-37(39)41)33-18-24-45(57-2)47(27-33)59-4/h5-12,17-18,23-24,26-31,34-35H,13-16,19-22,25H2,1-4H3,(H,50,54)(H,51,55). The number of nitrogens with one attached hydrogen (secondary N) is 2. The van der Waals surface area contributed by atoms with Crippen molar-refractivity contribution in [3.05, 3.63) is 108 Å². The minimum Gasteiger partial charge on any atom is -0.493 e. The summed E-state index contributed by atoms with van der Waals surface area (Å²) >= 11 is 0. The van der Waals surface area contributed by atoms with Crippen molar-refractivity contribution in [2.24, 2.45) is 11.8 Å². The molecule has 2 aliphatic rings. The number of nitrogens with zero attached hydrogens (tertiary/aromatic N) is 2. The number of aromatic nitrogens is 2. The number of para-hydroxylation sites is 2. The van der Waals surface area contributed by atoms with Gasteiger partial charge in [-0.05, 0) is 130 Å². The highest BCUT2D eigenvalue weighted by Gasteiger charge is 2.29. The van der Waals surface area contributed by atoms with Gasteiger partial charge in [0.05, 0.1) is 62.0 Å². The Labute approximate surface area is 345 Å². The molecule has 0 radical (unpaired) electrons. The smallest absolute Gasteiger partial charge is 0.252 e. The summed E-state index contributed by atoms with van der Waals surface area (Å²) in [6.45, 7) is 0. The molecule has 2 heterocycles. The average molecular weight is 793 g/mol. The van der Waals surface area contributed by atoms with Crippen molar-refractivity contribution in [1.29, 1.82) is 0 Å². The average Bonchev–Trinajstić information content (AvgIpc) is 3.28.